The number of benzene rings is 8. The first kappa shape index (κ1) is 23.0. The lowest BCUT2D eigenvalue weighted by molar-refractivity contribution is 1.37. The van der Waals surface area contributed by atoms with E-state index in [9.17, 15) is 0 Å². The Labute approximate surface area is 248 Å². The van der Waals surface area contributed by atoms with Crippen LogP contribution in [0.5, 0.6) is 0 Å². The summed E-state index contributed by atoms with van der Waals surface area (Å²) in [5, 5.41) is 13.1. The summed E-state index contributed by atoms with van der Waals surface area (Å²) in [6, 6.07) is 56.0. The summed E-state index contributed by atoms with van der Waals surface area (Å²) in [5.74, 6) is 0. The molecule has 198 valence electrons. The fourth-order valence-corrected chi connectivity index (χ4v) is 7.55. The molecule has 0 aliphatic rings. The van der Waals surface area contributed by atoms with Crippen molar-refractivity contribution < 1.29 is 0 Å². The lowest BCUT2D eigenvalue weighted by Crippen LogP contribution is -1.86. The molecule has 1 heteroatoms. The van der Waals surface area contributed by atoms with Crippen molar-refractivity contribution >= 4 is 70.4 Å². The normalized spacial score (nSPS) is 12.2. The quantitative estimate of drug-likeness (QED) is 0.191. The van der Waals surface area contributed by atoms with Gasteiger partial charge in [-0.05, 0) is 72.8 Å². The van der Waals surface area contributed by atoms with E-state index < -0.39 is 0 Å². The van der Waals surface area contributed by atoms with E-state index in [1.54, 1.807) is 0 Å². The smallest absolute Gasteiger partial charge is 0.0620 e. The van der Waals surface area contributed by atoms with Gasteiger partial charge in [0.05, 0.1) is 16.6 Å². The first-order chi connectivity index (χ1) is 21.3. The molecule has 1 nitrogen and oxygen atoms in total. The zero-order valence-corrected chi connectivity index (χ0v) is 23.4. The predicted molar refractivity (Wildman–Crippen MR) is 184 cm³/mol. The molecule has 43 heavy (non-hydrogen) atoms. The molecule has 0 aliphatic carbocycles. The van der Waals surface area contributed by atoms with Crippen LogP contribution in [0.1, 0.15) is 0 Å². The van der Waals surface area contributed by atoms with Crippen molar-refractivity contribution in [2.75, 3.05) is 0 Å². The third-order valence-corrected chi connectivity index (χ3v) is 9.52. The van der Waals surface area contributed by atoms with E-state index in [0.29, 0.717) is 0 Å². The highest BCUT2D eigenvalue weighted by molar-refractivity contribution is 6.26. The Morgan fingerprint density at radius 3 is 1.30 bits per heavy atom. The van der Waals surface area contributed by atoms with E-state index in [2.05, 4.69) is 156 Å². The molecule has 0 saturated carbocycles. The molecule has 10 aromatic rings. The van der Waals surface area contributed by atoms with Crippen LogP contribution < -0.4 is 0 Å². The van der Waals surface area contributed by atoms with Crippen molar-refractivity contribution in [3.63, 3.8) is 0 Å². The Balaban J connectivity index is 1.12. The van der Waals surface area contributed by atoms with Gasteiger partial charge in [0.1, 0.15) is 0 Å². The summed E-state index contributed by atoms with van der Waals surface area (Å²) >= 11 is 0. The third-order valence-electron chi connectivity index (χ3n) is 9.52. The molecular formula is C42H25N. The minimum absolute atomic E-state index is 1.23. The van der Waals surface area contributed by atoms with Crippen molar-refractivity contribution in [1.82, 2.24) is 4.40 Å². The van der Waals surface area contributed by atoms with Crippen LogP contribution in [-0.2, 0) is 0 Å². The molecule has 0 radical (unpaired) electrons. The number of nitrogens with zero attached hydrogens (tertiary/aromatic N) is 1. The molecule has 0 bridgehead atoms. The van der Waals surface area contributed by atoms with Gasteiger partial charge in [0.2, 0.25) is 0 Å². The number of para-hydroxylation sites is 2. The minimum atomic E-state index is 1.23. The van der Waals surface area contributed by atoms with Gasteiger partial charge in [0.25, 0.3) is 0 Å². The van der Waals surface area contributed by atoms with E-state index >= 15 is 0 Å². The van der Waals surface area contributed by atoms with Crippen LogP contribution in [0.3, 0.4) is 0 Å². The summed E-state index contributed by atoms with van der Waals surface area (Å²) in [4.78, 5) is 0. The average molecular weight is 544 g/mol. The Morgan fingerprint density at radius 2 is 0.674 bits per heavy atom. The topological polar surface area (TPSA) is 4.41 Å². The van der Waals surface area contributed by atoms with Crippen LogP contribution in [-0.4, -0.2) is 4.40 Å². The van der Waals surface area contributed by atoms with Crippen LogP contribution in [0.2, 0.25) is 0 Å². The SMILES string of the molecule is c1ccc2c(c1)c1ccccc1c1cc(-c3ccc(-c4ccc5c6cccc7c8ccccc8n(c5c4)c76)cc3)ccc21. The summed E-state index contributed by atoms with van der Waals surface area (Å²) in [7, 11) is 0. The van der Waals surface area contributed by atoms with Gasteiger partial charge in [0.15, 0.2) is 0 Å². The lowest BCUT2D eigenvalue weighted by Gasteiger charge is -2.12. The van der Waals surface area contributed by atoms with E-state index in [0.717, 1.165) is 0 Å². The minimum Gasteiger partial charge on any atom is -0.308 e. The molecule has 0 aliphatic heterocycles. The second kappa shape index (κ2) is 8.44. The van der Waals surface area contributed by atoms with Crippen LogP contribution >= 0.6 is 0 Å². The van der Waals surface area contributed by atoms with Gasteiger partial charge in [-0.3, -0.25) is 0 Å². The molecule has 0 atom stereocenters. The number of rotatable bonds is 2. The maximum Gasteiger partial charge on any atom is 0.0620 e. The Morgan fingerprint density at radius 1 is 0.256 bits per heavy atom. The lowest BCUT2D eigenvalue weighted by atomic mass is 9.92. The Kier molecular flexibility index (Phi) is 4.51. The Hall–Kier alpha value is -5.66. The molecule has 0 amide bonds. The highest BCUT2D eigenvalue weighted by Gasteiger charge is 2.17. The zero-order valence-electron chi connectivity index (χ0n) is 23.4. The highest BCUT2D eigenvalue weighted by Crippen LogP contribution is 2.41. The van der Waals surface area contributed by atoms with Crippen LogP contribution in [0, 0.1) is 0 Å². The van der Waals surface area contributed by atoms with Crippen molar-refractivity contribution in [3.8, 4) is 22.3 Å². The molecule has 2 aromatic heterocycles. The first-order valence-corrected chi connectivity index (χ1v) is 14.9. The monoisotopic (exact) mass is 543 g/mol. The van der Waals surface area contributed by atoms with Gasteiger partial charge in [-0.15, -0.1) is 0 Å². The number of hydrogen-bond acceptors (Lipinski definition) is 0. The van der Waals surface area contributed by atoms with Gasteiger partial charge in [-0.25, -0.2) is 0 Å². The molecule has 0 spiro atoms. The molecule has 0 saturated heterocycles. The van der Waals surface area contributed by atoms with E-state index in [1.807, 2.05) is 0 Å². The Bertz CT molecular complexity index is 2670. The molecule has 0 unspecified atom stereocenters. The predicted octanol–water partition coefficient (Wildman–Crippen LogP) is 11.6. The summed E-state index contributed by atoms with van der Waals surface area (Å²) in [6.45, 7) is 0. The summed E-state index contributed by atoms with van der Waals surface area (Å²) < 4.78 is 2.45. The maximum absolute atomic E-state index is 2.45. The van der Waals surface area contributed by atoms with Gasteiger partial charge in [-0.1, -0.05) is 133 Å². The number of hydrogen-bond donors (Lipinski definition) is 0. The number of aromatic nitrogens is 1. The van der Waals surface area contributed by atoms with Crippen molar-refractivity contribution in [1.29, 1.82) is 0 Å². The summed E-state index contributed by atoms with van der Waals surface area (Å²) in [5.41, 5.74) is 8.80. The summed E-state index contributed by atoms with van der Waals surface area (Å²) in [6.07, 6.45) is 0. The standard InChI is InChI=1S/C42H25N/c1-2-10-32-30(8-1)31-9-3-4-11-33(31)39-24-28(20-22-34(32)39)26-16-18-27(19-17-26)29-21-23-36-38-14-7-13-37-35-12-5-6-15-40(35)43(42(37)38)41(36)25-29/h1-25H. The van der Waals surface area contributed by atoms with E-state index in [1.165, 1.54) is 92.7 Å². The van der Waals surface area contributed by atoms with Crippen molar-refractivity contribution in [2.45, 2.75) is 0 Å². The fourth-order valence-electron chi connectivity index (χ4n) is 7.55. The van der Waals surface area contributed by atoms with Crippen molar-refractivity contribution in [2.24, 2.45) is 0 Å². The number of fused-ring (bicyclic) bond motifs is 12. The maximum atomic E-state index is 2.45. The van der Waals surface area contributed by atoms with Crippen LogP contribution in [0.25, 0.3) is 92.7 Å². The van der Waals surface area contributed by atoms with Gasteiger partial charge >= 0.3 is 0 Å². The second-order valence-electron chi connectivity index (χ2n) is 11.7. The zero-order chi connectivity index (χ0) is 28.1. The van der Waals surface area contributed by atoms with Gasteiger partial charge in [-0.2, -0.15) is 0 Å². The largest absolute Gasteiger partial charge is 0.308 e. The fraction of sp³-hybridized carbons (Fsp3) is 0. The molecular weight excluding hydrogens is 518 g/mol. The van der Waals surface area contributed by atoms with E-state index in [4.69, 9.17) is 0 Å². The van der Waals surface area contributed by atoms with Crippen LogP contribution in [0.4, 0.5) is 0 Å². The molecule has 8 aromatic carbocycles. The van der Waals surface area contributed by atoms with Crippen LogP contribution in [0.15, 0.2) is 152 Å². The molecule has 2 heterocycles. The third kappa shape index (κ3) is 3.11. The van der Waals surface area contributed by atoms with E-state index in [-0.39, 0.29) is 0 Å². The van der Waals surface area contributed by atoms with Gasteiger partial charge in [0, 0.05) is 21.5 Å². The second-order valence-corrected chi connectivity index (χ2v) is 11.7. The molecule has 0 N–H and O–H groups in total. The van der Waals surface area contributed by atoms with Crippen molar-refractivity contribution in [3.05, 3.63) is 152 Å². The first-order valence-electron chi connectivity index (χ1n) is 14.9. The average Bonchev–Trinajstić information content (AvgIpc) is 3.60. The van der Waals surface area contributed by atoms with Gasteiger partial charge < -0.3 is 4.40 Å². The molecule has 10 rings (SSSR count). The highest BCUT2D eigenvalue weighted by atomic mass is 14.9. The molecule has 0 fully saturated rings.